The molecule has 1 fully saturated rings. The molecular formula is C15H24N4O4. The number of piperazine rings is 1. The largest absolute Gasteiger partial charge is 0.370 e. The molecule has 0 aromatic heterocycles. The number of carbonyl (C=O) groups is 4. The lowest BCUT2D eigenvalue weighted by molar-refractivity contribution is -0.150. The van der Waals surface area contributed by atoms with E-state index in [1.165, 1.54) is 15.9 Å². The Balaban J connectivity index is 2.50. The van der Waals surface area contributed by atoms with E-state index in [2.05, 4.69) is 11.9 Å². The predicted molar refractivity (Wildman–Crippen MR) is 84.0 cm³/mol. The molecule has 128 valence electrons. The zero-order valence-corrected chi connectivity index (χ0v) is 13.6. The molecular weight excluding hydrogens is 300 g/mol. The highest BCUT2D eigenvalue weighted by Crippen LogP contribution is 2.11. The molecule has 0 bridgehead atoms. The van der Waals surface area contributed by atoms with Gasteiger partial charge in [-0.25, -0.2) is 0 Å². The third-order valence-electron chi connectivity index (χ3n) is 3.77. The van der Waals surface area contributed by atoms with Crippen LogP contribution in [0.1, 0.15) is 26.7 Å². The summed E-state index contributed by atoms with van der Waals surface area (Å²) in [6.07, 6.45) is 1.82. The van der Waals surface area contributed by atoms with Crippen LogP contribution < -0.4 is 11.1 Å². The summed E-state index contributed by atoms with van der Waals surface area (Å²) in [5.41, 5.74) is 5.06. The Morgan fingerprint density at radius 2 is 2.09 bits per heavy atom. The number of rotatable bonds is 7. The van der Waals surface area contributed by atoms with Crippen LogP contribution >= 0.6 is 0 Å². The molecule has 1 rings (SSSR count). The third kappa shape index (κ3) is 5.39. The average molecular weight is 324 g/mol. The third-order valence-corrected chi connectivity index (χ3v) is 3.77. The molecule has 1 aliphatic rings. The fourth-order valence-electron chi connectivity index (χ4n) is 2.43. The van der Waals surface area contributed by atoms with E-state index >= 15 is 0 Å². The topological polar surface area (TPSA) is 113 Å². The Hall–Kier alpha value is -2.38. The van der Waals surface area contributed by atoms with Crippen LogP contribution in [0, 0.1) is 0 Å². The van der Waals surface area contributed by atoms with Crippen molar-refractivity contribution < 1.29 is 19.2 Å². The fraction of sp³-hybridized carbons (Fsp3) is 0.600. The first kappa shape index (κ1) is 18.7. The molecule has 2 atom stereocenters. The van der Waals surface area contributed by atoms with Crippen molar-refractivity contribution in [3.05, 3.63) is 12.7 Å². The summed E-state index contributed by atoms with van der Waals surface area (Å²) in [6.45, 7) is 7.40. The van der Waals surface area contributed by atoms with Gasteiger partial charge in [-0.05, 0) is 26.3 Å². The van der Waals surface area contributed by atoms with E-state index in [-0.39, 0.29) is 36.7 Å². The SMILES string of the molecule is C=CC(=O)N1CCN(CC(=O)NC(C)CCC(N)=O)C(=O)C1C. The van der Waals surface area contributed by atoms with Crippen LogP contribution in [0.2, 0.25) is 0 Å². The van der Waals surface area contributed by atoms with Crippen molar-refractivity contribution in [2.24, 2.45) is 5.73 Å². The van der Waals surface area contributed by atoms with Gasteiger partial charge in [-0.3, -0.25) is 19.2 Å². The summed E-state index contributed by atoms with van der Waals surface area (Å²) in [5.74, 6) is -1.29. The Kier molecular flexibility index (Phi) is 6.74. The molecule has 23 heavy (non-hydrogen) atoms. The number of hydrogen-bond donors (Lipinski definition) is 2. The minimum atomic E-state index is -0.616. The highest BCUT2D eigenvalue weighted by Gasteiger charge is 2.34. The van der Waals surface area contributed by atoms with Gasteiger partial charge in [-0.1, -0.05) is 6.58 Å². The van der Waals surface area contributed by atoms with E-state index in [4.69, 9.17) is 5.73 Å². The van der Waals surface area contributed by atoms with Gasteiger partial charge in [-0.2, -0.15) is 0 Å². The molecule has 0 saturated carbocycles. The quantitative estimate of drug-likeness (QED) is 0.585. The maximum atomic E-state index is 12.2. The van der Waals surface area contributed by atoms with E-state index in [0.717, 1.165) is 0 Å². The van der Waals surface area contributed by atoms with Crippen molar-refractivity contribution in [2.75, 3.05) is 19.6 Å². The number of hydrogen-bond acceptors (Lipinski definition) is 4. The molecule has 0 aliphatic carbocycles. The van der Waals surface area contributed by atoms with Crippen LogP contribution in [-0.2, 0) is 19.2 Å². The predicted octanol–water partition coefficient (Wildman–Crippen LogP) is -0.998. The molecule has 8 heteroatoms. The number of carbonyl (C=O) groups excluding carboxylic acids is 4. The Morgan fingerprint density at radius 3 is 2.65 bits per heavy atom. The summed E-state index contributed by atoms with van der Waals surface area (Å²) in [7, 11) is 0. The Morgan fingerprint density at radius 1 is 1.43 bits per heavy atom. The molecule has 1 aliphatic heterocycles. The molecule has 0 aromatic rings. The zero-order chi connectivity index (χ0) is 17.6. The summed E-state index contributed by atoms with van der Waals surface area (Å²) in [6, 6.07) is -0.819. The van der Waals surface area contributed by atoms with Gasteiger partial charge in [0.05, 0.1) is 6.54 Å². The minimum Gasteiger partial charge on any atom is -0.370 e. The minimum absolute atomic E-state index is 0.0692. The van der Waals surface area contributed by atoms with Crippen molar-refractivity contribution in [3.8, 4) is 0 Å². The molecule has 2 unspecified atom stereocenters. The van der Waals surface area contributed by atoms with Crippen molar-refractivity contribution >= 4 is 23.6 Å². The van der Waals surface area contributed by atoms with E-state index < -0.39 is 11.9 Å². The molecule has 1 heterocycles. The van der Waals surface area contributed by atoms with Gasteiger partial charge in [0.1, 0.15) is 6.04 Å². The smallest absolute Gasteiger partial charge is 0.246 e. The summed E-state index contributed by atoms with van der Waals surface area (Å²) in [5, 5.41) is 2.73. The Labute approximate surface area is 135 Å². The lowest BCUT2D eigenvalue weighted by atomic mass is 10.1. The summed E-state index contributed by atoms with van der Waals surface area (Å²) in [4.78, 5) is 49.4. The van der Waals surface area contributed by atoms with E-state index in [9.17, 15) is 19.2 Å². The van der Waals surface area contributed by atoms with Crippen molar-refractivity contribution in [3.63, 3.8) is 0 Å². The van der Waals surface area contributed by atoms with E-state index in [0.29, 0.717) is 19.5 Å². The first-order valence-electron chi connectivity index (χ1n) is 7.55. The molecule has 0 radical (unpaired) electrons. The fourth-order valence-corrected chi connectivity index (χ4v) is 2.43. The molecule has 1 saturated heterocycles. The van der Waals surface area contributed by atoms with Crippen LogP contribution in [0.15, 0.2) is 12.7 Å². The average Bonchev–Trinajstić information content (AvgIpc) is 2.49. The highest BCUT2D eigenvalue weighted by molar-refractivity contribution is 5.94. The van der Waals surface area contributed by atoms with Gasteiger partial charge in [-0.15, -0.1) is 0 Å². The number of amides is 4. The lowest BCUT2D eigenvalue weighted by Crippen LogP contribution is -2.59. The second-order valence-electron chi connectivity index (χ2n) is 5.65. The van der Waals surface area contributed by atoms with Gasteiger partial charge in [0.25, 0.3) is 0 Å². The second-order valence-corrected chi connectivity index (χ2v) is 5.65. The number of nitrogens with two attached hydrogens (primary N) is 1. The number of nitrogens with zero attached hydrogens (tertiary/aromatic N) is 2. The van der Waals surface area contributed by atoms with Gasteiger partial charge >= 0.3 is 0 Å². The van der Waals surface area contributed by atoms with Crippen LogP contribution in [0.4, 0.5) is 0 Å². The van der Waals surface area contributed by atoms with Crippen molar-refractivity contribution in [2.45, 2.75) is 38.8 Å². The molecule has 4 amide bonds. The van der Waals surface area contributed by atoms with E-state index in [1.807, 2.05) is 0 Å². The van der Waals surface area contributed by atoms with Gasteiger partial charge in [0.15, 0.2) is 0 Å². The first-order chi connectivity index (χ1) is 10.8. The maximum Gasteiger partial charge on any atom is 0.246 e. The van der Waals surface area contributed by atoms with E-state index in [1.54, 1.807) is 13.8 Å². The first-order valence-corrected chi connectivity index (χ1v) is 7.55. The number of primary amides is 1. The molecule has 3 N–H and O–H groups in total. The van der Waals surface area contributed by atoms with Crippen LogP contribution in [0.5, 0.6) is 0 Å². The number of nitrogens with one attached hydrogen (secondary N) is 1. The van der Waals surface area contributed by atoms with Crippen LogP contribution in [-0.4, -0.2) is 65.1 Å². The standard InChI is InChI=1S/C15H24N4O4/c1-4-14(22)19-8-7-18(15(23)11(19)3)9-13(21)17-10(2)5-6-12(16)20/h4,10-11H,1,5-9H2,2-3H3,(H2,16,20)(H,17,21). The monoisotopic (exact) mass is 324 g/mol. The summed E-state index contributed by atoms with van der Waals surface area (Å²) < 4.78 is 0. The second kappa shape index (κ2) is 8.30. The van der Waals surface area contributed by atoms with Gasteiger partial charge in [0, 0.05) is 25.6 Å². The highest BCUT2D eigenvalue weighted by atomic mass is 16.2. The van der Waals surface area contributed by atoms with Gasteiger partial charge in [0.2, 0.25) is 23.6 Å². The van der Waals surface area contributed by atoms with Crippen LogP contribution in [0.25, 0.3) is 0 Å². The normalized spacial score (nSPS) is 19.2. The molecule has 0 spiro atoms. The van der Waals surface area contributed by atoms with Crippen LogP contribution in [0.3, 0.4) is 0 Å². The zero-order valence-electron chi connectivity index (χ0n) is 13.6. The molecule has 0 aromatic carbocycles. The van der Waals surface area contributed by atoms with Crippen molar-refractivity contribution in [1.82, 2.24) is 15.1 Å². The lowest BCUT2D eigenvalue weighted by Gasteiger charge is -2.38. The van der Waals surface area contributed by atoms with Crippen molar-refractivity contribution in [1.29, 1.82) is 0 Å². The summed E-state index contributed by atoms with van der Waals surface area (Å²) >= 11 is 0. The molecule has 8 nitrogen and oxygen atoms in total. The Bertz CT molecular complexity index is 506. The van der Waals surface area contributed by atoms with Gasteiger partial charge < -0.3 is 20.9 Å². The maximum absolute atomic E-state index is 12.2.